The van der Waals surface area contributed by atoms with Gasteiger partial charge >= 0.3 is 6.09 Å². The Hall–Kier alpha value is -1.05. The summed E-state index contributed by atoms with van der Waals surface area (Å²) < 4.78 is 6.38. The minimum atomic E-state index is -0.186. The first-order valence-corrected chi connectivity index (χ1v) is 8.07. The summed E-state index contributed by atoms with van der Waals surface area (Å²) in [5, 5.41) is 0. The standard InChI is InChI=1S/C14H20IN3O2/c1-2-3-11-20-14(19)18-9-7-17(8-10-18)13-12(15)5-4-6-16-13/h4-6H,2-3,7-11H2,1H3. The maximum atomic E-state index is 11.9. The minimum absolute atomic E-state index is 0.186. The molecule has 1 fully saturated rings. The van der Waals surface area contributed by atoms with Crippen molar-refractivity contribution in [2.45, 2.75) is 19.8 Å². The van der Waals surface area contributed by atoms with Crippen LogP contribution in [-0.2, 0) is 4.74 Å². The van der Waals surface area contributed by atoms with Crippen molar-refractivity contribution < 1.29 is 9.53 Å². The molecule has 20 heavy (non-hydrogen) atoms. The number of amides is 1. The topological polar surface area (TPSA) is 45.7 Å². The van der Waals surface area contributed by atoms with Crippen LogP contribution < -0.4 is 4.90 Å². The molecule has 1 aromatic heterocycles. The molecule has 1 aliphatic heterocycles. The van der Waals surface area contributed by atoms with Crippen LogP contribution in [0.3, 0.4) is 0 Å². The summed E-state index contributed by atoms with van der Waals surface area (Å²) >= 11 is 2.29. The fourth-order valence-electron chi connectivity index (χ4n) is 2.11. The van der Waals surface area contributed by atoms with Gasteiger partial charge in [0.15, 0.2) is 0 Å². The van der Waals surface area contributed by atoms with Gasteiger partial charge in [0.1, 0.15) is 5.82 Å². The van der Waals surface area contributed by atoms with Crippen LogP contribution in [0.1, 0.15) is 19.8 Å². The van der Waals surface area contributed by atoms with Crippen molar-refractivity contribution in [2.75, 3.05) is 37.7 Å². The van der Waals surface area contributed by atoms with Gasteiger partial charge in [0.25, 0.3) is 0 Å². The average molecular weight is 389 g/mol. The van der Waals surface area contributed by atoms with E-state index in [0.29, 0.717) is 19.7 Å². The Morgan fingerprint density at radius 2 is 2.15 bits per heavy atom. The molecular formula is C14H20IN3O2. The number of piperazine rings is 1. The molecule has 0 spiro atoms. The zero-order valence-corrected chi connectivity index (χ0v) is 13.9. The Kier molecular flexibility index (Phi) is 5.87. The van der Waals surface area contributed by atoms with Gasteiger partial charge < -0.3 is 14.5 Å². The number of rotatable bonds is 4. The highest BCUT2D eigenvalue weighted by Crippen LogP contribution is 2.20. The van der Waals surface area contributed by atoms with E-state index in [1.165, 1.54) is 0 Å². The van der Waals surface area contributed by atoms with Crippen molar-refractivity contribution in [2.24, 2.45) is 0 Å². The first-order valence-electron chi connectivity index (χ1n) is 6.99. The Balaban J connectivity index is 1.83. The minimum Gasteiger partial charge on any atom is -0.449 e. The number of hydrogen-bond acceptors (Lipinski definition) is 4. The summed E-state index contributed by atoms with van der Waals surface area (Å²) in [5.74, 6) is 1.01. The number of ether oxygens (including phenoxy) is 1. The quantitative estimate of drug-likeness (QED) is 0.587. The fraction of sp³-hybridized carbons (Fsp3) is 0.571. The molecule has 1 aromatic rings. The zero-order chi connectivity index (χ0) is 14.4. The van der Waals surface area contributed by atoms with E-state index < -0.39 is 0 Å². The molecule has 0 radical (unpaired) electrons. The van der Waals surface area contributed by atoms with E-state index in [4.69, 9.17) is 4.74 Å². The van der Waals surface area contributed by atoms with Crippen LogP contribution in [0, 0.1) is 3.57 Å². The summed E-state index contributed by atoms with van der Waals surface area (Å²) in [6.45, 7) is 5.59. The van der Waals surface area contributed by atoms with Gasteiger partial charge in [0.05, 0.1) is 10.2 Å². The van der Waals surface area contributed by atoms with E-state index in [0.717, 1.165) is 35.3 Å². The van der Waals surface area contributed by atoms with E-state index in [-0.39, 0.29) is 6.09 Å². The molecule has 1 amide bonds. The van der Waals surface area contributed by atoms with E-state index in [1.807, 2.05) is 18.3 Å². The average Bonchev–Trinajstić information content (AvgIpc) is 2.48. The number of hydrogen-bond donors (Lipinski definition) is 0. The van der Waals surface area contributed by atoms with Gasteiger partial charge in [0, 0.05) is 32.4 Å². The van der Waals surface area contributed by atoms with Crippen molar-refractivity contribution in [1.29, 1.82) is 0 Å². The predicted octanol–water partition coefficient (Wildman–Crippen LogP) is 2.74. The monoisotopic (exact) mass is 389 g/mol. The summed E-state index contributed by atoms with van der Waals surface area (Å²) in [7, 11) is 0. The van der Waals surface area contributed by atoms with Crippen LogP contribution in [0.2, 0.25) is 0 Å². The Morgan fingerprint density at radius 1 is 1.40 bits per heavy atom. The number of anilines is 1. The number of halogens is 1. The molecule has 6 heteroatoms. The molecule has 1 saturated heterocycles. The van der Waals surface area contributed by atoms with Gasteiger partial charge in [-0.05, 0) is 41.1 Å². The maximum absolute atomic E-state index is 11.9. The van der Waals surface area contributed by atoms with Gasteiger partial charge in [-0.2, -0.15) is 0 Å². The normalized spacial score (nSPS) is 15.3. The lowest BCUT2D eigenvalue weighted by molar-refractivity contribution is 0.0989. The van der Waals surface area contributed by atoms with Crippen LogP contribution in [-0.4, -0.2) is 48.8 Å². The number of unbranched alkanes of at least 4 members (excludes halogenated alkanes) is 1. The predicted molar refractivity (Wildman–Crippen MR) is 87.0 cm³/mol. The highest BCUT2D eigenvalue weighted by atomic mass is 127. The zero-order valence-electron chi connectivity index (χ0n) is 11.7. The molecule has 2 rings (SSSR count). The van der Waals surface area contributed by atoms with Gasteiger partial charge in [-0.1, -0.05) is 13.3 Å². The SMILES string of the molecule is CCCCOC(=O)N1CCN(c2ncccc2I)CC1. The molecule has 0 bridgehead atoms. The van der Waals surface area contributed by atoms with Gasteiger partial charge in [-0.15, -0.1) is 0 Å². The van der Waals surface area contributed by atoms with Gasteiger partial charge in [0.2, 0.25) is 0 Å². The third-order valence-corrected chi connectivity index (χ3v) is 4.14. The van der Waals surface area contributed by atoms with Gasteiger partial charge in [-0.25, -0.2) is 9.78 Å². The third-order valence-electron chi connectivity index (χ3n) is 3.30. The molecule has 0 saturated carbocycles. The summed E-state index contributed by atoms with van der Waals surface area (Å²) in [4.78, 5) is 20.3. The lowest BCUT2D eigenvalue weighted by Gasteiger charge is -2.35. The molecule has 0 unspecified atom stereocenters. The van der Waals surface area contributed by atoms with E-state index >= 15 is 0 Å². The van der Waals surface area contributed by atoms with Crippen molar-refractivity contribution in [3.8, 4) is 0 Å². The highest BCUT2D eigenvalue weighted by molar-refractivity contribution is 14.1. The largest absolute Gasteiger partial charge is 0.449 e. The number of aromatic nitrogens is 1. The van der Waals surface area contributed by atoms with Crippen molar-refractivity contribution >= 4 is 34.5 Å². The molecule has 0 N–H and O–H groups in total. The Labute approximate surface area is 133 Å². The first kappa shape index (κ1) is 15.3. The highest BCUT2D eigenvalue weighted by Gasteiger charge is 2.23. The lowest BCUT2D eigenvalue weighted by Crippen LogP contribution is -2.49. The number of pyridine rings is 1. The summed E-state index contributed by atoms with van der Waals surface area (Å²) in [6.07, 6.45) is 3.59. The Morgan fingerprint density at radius 3 is 2.80 bits per heavy atom. The molecule has 0 aromatic carbocycles. The van der Waals surface area contributed by atoms with Crippen LogP contribution in [0.4, 0.5) is 10.6 Å². The molecule has 2 heterocycles. The van der Waals surface area contributed by atoms with Crippen LogP contribution in [0.5, 0.6) is 0 Å². The molecular weight excluding hydrogens is 369 g/mol. The molecule has 0 atom stereocenters. The molecule has 1 aliphatic rings. The fourth-order valence-corrected chi connectivity index (χ4v) is 2.79. The lowest BCUT2D eigenvalue weighted by atomic mass is 10.3. The number of carbonyl (C=O) groups excluding carboxylic acids is 1. The van der Waals surface area contributed by atoms with Crippen LogP contribution >= 0.6 is 22.6 Å². The van der Waals surface area contributed by atoms with E-state index in [1.54, 1.807) is 4.90 Å². The van der Waals surface area contributed by atoms with Crippen LogP contribution in [0.15, 0.2) is 18.3 Å². The number of nitrogens with zero attached hydrogens (tertiary/aromatic N) is 3. The third kappa shape index (κ3) is 3.97. The van der Waals surface area contributed by atoms with Crippen molar-refractivity contribution in [3.05, 3.63) is 21.9 Å². The molecule has 0 aliphatic carbocycles. The molecule has 5 nitrogen and oxygen atoms in total. The summed E-state index contributed by atoms with van der Waals surface area (Å²) in [6, 6.07) is 3.99. The van der Waals surface area contributed by atoms with Crippen molar-refractivity contribution in [3.63, 3.8) is 0 Å². The summed E-state index contributed by atoms with van der Waals surface area (Å²) in [5.41, 5.74) is 0. The van der Waals surface area contributed by atoms with Crippen LogP contribution in [0.25, 0.3) is 0 Å². The second kappa shape index (κ2) is 7.66. The molecule has 110 valence electrons. The number of carbonyl (C=O) groups is 1. The smallest absolute Gasteiger partial charge is 0.409 e. The second-order valence-corrected chi connectivity index (χ2v) is 5.91. The first-order chi connectivity index (χ1) is 9.72. The second-order valence-electron chi connectivity index (χ2n) is 4.75. The Bertz CT molecular complexity index is 448. The van der Waals surface area contributed by atoms with E-state index in [2.05, 4.69) is 39.4 Å². The van der Waals surface area contributed by atoms with E-state index in [9.17, 15) is 4.79 Å². The van der Waals surface area contributed by atoms with Crippen molar-refractivity contribution in [1.82, 2.24) is 9.88 Å². The van der Waals surface area contributed by atoms with Gasteiger partial charge in [-0.3, -0.25) is 0 Å². The maximum Gasteiger partial charge on any atom is 0.409 e.